The Bertz CT molecular complexity index is 221. The number of carboxylic acids is 1. The van der Waals surface area contributed by atoms with Crippen LogP contribution in [0.3, 0.4) is 0 Å². The third-order valence-corrected chi connectivity index (χ3v) is 3.64. The average Bonchev–Trinajstić information content (AvgIpc) is 2.72. The fraction of sp³-hybridized carbons (Fsp3) is 0.909. The molecule has 0 spiro atoms. The van der Waals surface area contributed by atoms with Crippen molar-refractivity contribution in [2.75, 3.05) is 26.2 Å². The number of nitrogens with zero attached hydrogens (tertiary/aromatic N) is 1. The predicted molar refractivity (Wildman–Crippen MR) is 57.8 cm³/mol. The summed E-state index contributed by atoms with van der Waals surface area (Å²) in [5.74, 6) is -0.232. The molecule has 0 radical (unpaired) electrons. The van der Waals surface area contributed by atoms with Crippen LogP contribution in [0.1, 0.15) is 25.7 Å². The predicted octanol–water partition coefficient (Wildman–Crippen LogP) is 0.535. The lowest BCUT2D eigenvalue weighted by Gasteiger charge is -2.35. The van der Waals surface area contributed by atoms with Gasteiger partial charge in [0.1, 0.15) is 6.04 Å². The van der Waals surface area contributed by atoms with E-state index in [4.69, 9.17) is 0 Å². The monoisotopic (exact) mass is 212 g/mol. The van der Waals surface area contributed by atoms with Crippen molar-refractivity contribution < 1.29 is 9.90 Å². The Balaban J connectivity index is 2.00. The van der Waals surface area contributed by atoms with Crippen molar-refractivity contribution in [1.82, 2.24) is 10.2 Å². The lowest BCUT2D eigenvalue weighted by Crippen LogP contribution is -2.53. The van der Waals surface area contributed by atoms with Crippen molar-refractivity contribution in [3.05, 3.63) is 0 Å². The van der Waals surface area contributed by atoms with Gasteiger partial charge < -0.3 is 10.4 Å². The Morgan fingerprint density at radius 1 is 1.27 bits per heavy atom. The maximum absolute atomic E-state index is 11.3. The number of carbonyl (C=O) groups is 1. The van der Waals surface area contributed by atoms with Gasteiger partial charge in [-0.1, -0.05) is 12.8 Å². The number of carboxylic acid groups (broad SMARTS) is 1. The Morgan fingerprint density at radius 2 is 1.87 bits per heavy atom. The highest BCUT2D eigenvalue weighted by atomic mass is 16.4. The maximum Gasteiger partial charge on any atom is 0.321 e. The second-order valence-electron chi connectivity index (χ2n) is 4.61. The van der Waals surface area contributed by atoms with Gasteiger partial charge in [-0.05, 0) is 18.8 Å². The summed E-state index contributed by atoms with van der Waals surface area (Å²) in [6, 6.07) is -0.227. The van der Waals surface area contributed by atoms with Crippen molar-refractivity contribution in [2.24, 2.45) is 5.92 Å². The third-order valence-electron chi connectivity index (χ3n) is 3.64. The van der Waals surface area contributed by atoms with Crippen LogP contribution in [0.25, 0.3) is 0 Å². The number of hydrogen-bond acceptors (Lipinski definition) is 3. The number of aliphatic carboxylic acids is 1. The molecule has 1 saturated heterocycles. The van der Waals surface area contributed by atoms with E-state index in [0.29, 0.717) is 5.92 Å². The molecule has 4 nitrogen and oxygen atoms in total. The summed E-state index contributed by atoms with van der Waals surface area (Å²) in [7, 11) is 0. The molecule has 4 heteroatoms. The van der Waals surface area contributed by atoms with E-state index in [9.17, 15) is 9.90 Å². The van der Waals surface area contributed by atoms with E-state index in [1.165, 1.54) is 12.8 Å². The first-order chi connectivity index (χ1) is 7.29. The van der Waals surface area contributed by atoms with Gasteiger partial charge in [0.2, 0.25) is 0 Å². The molecular formula is C11H20N2O2. The number of rotatable bonds is 3. The molecule has 2 aliphatic rings. The first kappa shape index (κ1) is 10.9. The molecule has 0 aromatic rings. The van der Waals surface area contributed by atoms with Crippen LogP contribution in [0, 0.1) is 5.92 Å². The van der Waals surface area contributed by atoms with E-state index in [-0.39, 0.29) is 6.04 Å². The van der Waals surface area contributed by atoms with Gasteiger partial charge in [0, 0.05) is 26.2 Å². The molecule has 2 rings (SSSR count). The van der Waals surface area contributed by atoms with Crippen LogP contribution in [0.4, 0.5) is 0 Å². The zero-order valence-electron chi connectivity index (χ0n) is 9.11. The highest BCUT2D eigenvalue weighted by Crippen LogP contribution is 2.30. The molecule has 0 bridgehead atoms. The minimum atomic E-state index is -0.621. The fourth-order valence-corrected chi connectivity index (χ4v) is 2.89. The summed E-state index contributed by atoms with van der Waals surface area (Å²) in [5.41, 5.74) is 0. The SMILES string of the molecule is O=C(O)C(C1CCCC1)N1CCNCC1. The molecule has 1 aliphatic carbocycles. The first-order valence-electron chi connectivity index (χ1n) is 5.96. The Labute approximate surface area is 90.6 Å². The molecule has 86 valence electrons. The molecule has 1 unspecified atom stereocenters. The molecule has 2 N–H and O–H groups in total. The number of piperazine rings is 1. The Morgan fingerprint density at radius 3 is 2.40 bits per heavy atom. The molecule has 2 fully saturated rings. The van der Waals surface area contributed by atoms with E-state index in [2.05, 4.69) is 10.2 Å². The molecule has 0 aromatic heterocycles. The third kappa shape index (κ3) is 2.49. The van der Waals surface area contributed by atoms with Crippen LogP contribution in [0.2, 0.25) is 0 Å². The molecule has 1 aliphatic heterocycles. The van der Waals surface area contributed by atoms with Crippen LogP contribution < -0.4 is 5.32 Å². The number of hydrogen-bond donors (Lipinski definition) is 2. The summed E-state index contributed by atoms with van der Waals surface area (Å²) in [4.78, 5) is 13.5. The lowest BCUT2D eigenvalue weighted by molar-refractivity contribution is -0.145. The van der Waals surface area contributed by atoms with Crippen molar-refractivity contribution in [3.8, 4) is 0 Å². The molecule has 1 atom stereocenters. The van der Waals surface area contributed by atoms with E-state index in [0.717, 1.165) is 39.0 Å². The summed E-state index contributed by atoms with van der Waals surface area (Å²) >= 11 is 0. The quantitative estimate of drug-likeness (QED) is 0.716. The van der Waals surface area contributed by atoms with Crippen molar-refractivity contribution in [2.45, 2.75) is 31.7 Å². The van der Waals surface area contributed by atoms with Crippen molar-refractivity contribution in [1.29, 1.82) is 0 Å². The van der Waals surface area contributed by atoms with Gasteiger partial charge in [-0.25, -0.2) is 0 Å². The average molecular weight is 212 g/mol. The first-order valence-corrected chi connectivity index (χ1v) is 5.96. The molecule has 1 saturated carbocycles. The standard InChI is InChI=1S/C11H20N2O2/c14-11(15)10(9-3-1-2-4-9)13-7-5-12-6-8-13/h9-10,12H,1-8H2,(H,14,15). The van der Waals surface area contributed by atoms with Gasteiger partial charge in [0.05, 0.1) is 0 Å². The summed E-state index contributed by atoms with van der Waals surface area (Å²) < 4.78 is 0. The van der Waals surface area contributed by atoms with Crippen LogP contribution in [-0.2, 0) is 4.79 Å². The molecular weight excluding hydrogens is 192 g/mol. The van der Waals surface area contributed by atoms with Crippen LogP contribution in [0.15, 0.2) is 0 Å². The Hall–Kier alpha value is -0.610. The zero-order valence-corrected chi connectivity index (χ0v) is 9.11. The van der Waals surface area contributed by atoms with Gasteiger partial charge in [0.15, 0.2) is 0 Å². The van der Waals surface area contributed by atoms with Gasteiger partial charge in [-0.2, -0.15) is 0 Å². The Kier molecular flexibility index (Phi) is 3.59. The smallest absolute Gasteiger partial charge is 0.321 e. The normalized spacial score (nSPS) is 26.7. The van der Waals surface area contributed by atoms with E-state index >= 15 is 0 Å². The van der Waals surface area contributed by atoms with E-state index in [1.54, 1.807) is 0 Å². The zero-order chi connectivity index (χ0) is 10.7. The topological polar surface area (TPSA) is 52.6 Å². The van der Waals surface area contributed by atoms with Gasteiger partial charge in [0.25, 0.3) is 0 Å². The van der Waals surface area contributed by atoms with Crippen LogP contribution in [0.5, 0.6) is 0 Å². The fourth-order valence-electron chi connectivity index (χ4n) is 2.89. The molecule has 0 aromatic carbocycles. The highest BCUT2D eigenvalue weighted by molar-refractivity contribution is 5.74. The van der Waals surface area contributed by atoms with Crippen molar-refractivity contribution >= 4 is 5.97 Å². The lowest BCUT2D eigenvalue weighted by atomic mass is 9.96. The largest absolute Gasteiger partial charge is 0.480 e. The summed E-state index contributed by atoms with van der Waals surface area (Å²) in [5, 5.41) is 12.6. The second kappa shape index (κ2) is 4.94. The van der Waals surface area contributed by atoms with Gasteiger partial charge in [-0.15, -0.1) is 0 Å². The minimum Gasteiger partial charge on any atom is -0.480 e. The maximum atomic E-state index is 11.3. The summed E-state index contributed by atoms with van der Waals surface area (Å²) in [6.45, 7) is 3.62. The second-order valence-corrected chi connectivity index (χ2v) is 4.61. The van der Waals surface area contributed by atoms with Gasteiger partial charge in [-0.3, -0.25) is 9.69 Å². The minimum absolute atomic E-state index is 0.227. The molecule has 1 heterocycles. The molecule has 15 heavy (non-hydrogen) atoms. The molecule has 0 amide bonds. The summed E-state index contributed by atoms with van der Waals surface area (Å²) in [6.07, 6.45) is 4.61. The number of nitrogens with one attached hydrogen (secondary N) is 1. The van der Waals surface area contributed by atoms with E-state index in [1.807, 2.05) is 0 Å². The van der Waals surface area contributed by atoms with E-state index < -0.39 is 5.97 Å². The van der Waals surface area contributed by atoms with Gasteiger partial charge >= 0.3 is 5.97 Å². The highest BCUT2D eigenvalue weighted by Gasteiger charge is 2.35. The van der Waals surface area contributed by atoms with Crippen LogP contribution >= 0.6 is 0 Å². The van der Waals surface area contributed by atoms with Crippen LogP contribution in [-0.4, -0.2) is 48.2 Å². The van der Waals surface area contributed by atoms with Crippen molar-refractivity contribution in [3.63, 3.8) is 0 Å².